The van der Waals surface area contributed by atoms with Crippen molar-refractivity contribution in [3.63, 3.8) is 0 Å². The highest BCUT2D eigenvalue weighted by molar-refractivity contribution is 5.91. The molecule has 4 heteroatoms. The van der Waals surface area contributed by atoms with E-state index in [9.17, 15) is 4.79 Å². The fraction of sp³-hybridized carbons (Fsp3) is 0.333. The standard InChI is InChI=1S/C15H18N3O/c16-8-13-9-17(15(11-19)14-10-18(13)14)7-6-12-4-2-1-3-5-12/h1-5,10-11,13H,6-9,16H2/q+1. The van der Waals surface area contributed by atoms with E-state index in [1.54, 1.807) is 0 Å². The van der Waals surface area contributed by atoms with E-state index in [4.69, 9.17) is 5.73 Å². The molecule has 0 radical (unpaired) electrons. The van der Waals surface area contributed by atoms with Crippen LogP contribution >= 0.6 is 0 Å². The van der Waals surface area contributed by atoms with Crippen LogP contribution in [0.5, 0.6) is 0 Å². The summed E-state index contributed by atoms with van der Waals surface area (Å²) >= 11 is 0. The molecule has 0 bridgehead atoms. The molecule has 0 fully saturated rings. The van der Waals surface area contributed by atoms with Crippen LogP contribution < -0.4 is 5.73 Å². The fourth-order valence-electron chi connectivity index (χ4n) is 2.65. The van der Waals surface area contributed by atoms with Crippen LogP contribution in [0.15, 0.2) is 41.7 Å². The van der Waals surface area contributed by atoms with Gasteiger partial charge in [0.05, 0.1) is 13.1 Å². The molecule has 0 amide bonds. The summed E-state index contributed by atoms with van der Waals surface area (Å²) in [5.41, 5.74) is 8.93. The zero-order valence-corrected chi connectivity index (χ0v) is 10.8. The quantitative estimate of drug-likeness (QED) is 0.612. The Balaban J connectivity index is 1.70. The third-order valence-electron chi connectivity index (χ3n) is 3.80. The highest BCUT2D eigenvalue weighted by Gasteiger charge is 2.45. The van der Waals surface area contributed by atoms with Gasteiger partial charge in [-0.15, -0.1) is 0 Å². The highest BCUT2D eigenvalue weighted by atomic mass is 16.1. The lowest BCUT2D eigenvalue weighted by molar-refractivity contribution is -0.456. The van der Waals surface area contributed by atoms with Crippen LogP contribution in [-0.2, 0) is 11.2 Å². The van der Waals surface area contributed by atoms with Crippen LogP contribution in [0.4, 0.5) is 0 Å². The predicted molar refractivity (Wildman–Crippen MR) is 74.0 cm³/mol. The van der Waals surface area contributed by atoms with Gasteiger partial charge >= 0.3 is 0 Å². The molecule has 0 aliphatic carbocycles. The van der Waals surface area contributed by atoms with E-state index < -0.39 is 0 Å². The van der Waals surface area contributed by atoms with Crippen LogP contribution in [-0.4, -0.2) is 47.7 Å². The SMILES string of the molecule is NCC1CN(CCc2ccccc2)C(C=O)=C2C=[N+]21. The molecular formula is C15H18N3O+. The van der Waals surface area contributed by atoms with E-state index >= 15 is 0 Å². The zero-order valence-electron chi connectivity index (χ0n) is 10.8. The number of nitrogens with zero attached hydrogens (tertiary/aromatic N) is 2. The number of carbonyl (C=O) groups is 1. The van der Waals surface area contributed by atoms with Crippen molar-refractivity contribution in [3.8, 4) is 0 Å². The van der Waals surface area contributed by atoms with E-state index in [2.05, 4.69) is 21.6 Å². The number of hydrogen-bond acceptors (Lipinski definition) is 3. The highest BCUT2D eigenvalue weighted by Crippen LogP contribution is 2.25. The summed E-state index contributed by atoms with van der Waals surface area (Å²) < 4.78 is 2.11. The maximum absolute atomic E-state index is 11.2. The van der Waals surface area contributed by atoms with Gasteiger partial charge in [0.2, 0.25) is 6.21 Å². The molecule has 0 spiro atoms. The molecule has 0 saturated heterocycles. The first kappa shape index (κ1) is 12.1. The smallest absolute Gasteiger partial charge is 0.296 e. The topological polar surface area (TPSA) is 49.3 Å². The van der Waals surface area contributed by atoms with Gasteiger partial charge in [0.1, 0.15) is 0 Å². The van der Waals surface area contributed by atoms with Crippen LogP contribution in [0, 0.1) is 0 Å². The van der Waals surface area contributed by atoms with Crippen molar-refractivity contribution >= 4 is 12.5 Å². The Hall–Kier alpha value is -1.94. The molecule has 2 N–H and O–H groups in total. The number of hydrogen-bond donors (Lipinski definition) is 1. The summed E-state index contributed by atoms with van der Waals surface area (Å²) in [6.07, 6.45) is 3.93. The van der Waals surface area contributed by atoms with E-state index in [-0.39, 0.29) is 0 Å². The van der Waals surface area contributed by atoms with Crippen molar-refractivity contribution in [3.05, 3.63) is 47.3 Å². The van der Waals surface area contributed by atoms with Gasteiger partial charge < -0.3 is 10.6 Å². The summed E-state index contributed by atoms with van der Waals surface area (Å²) in [4.78, 5) is 13.4. The van der Waals surface area contributed by atoms with Gasteiger partial charge in [-0.2, -0.15) is 4.58 Å². The van der Waals surface area contributed by atoms with Crippen molar-refractivity contribution in [1.29, 1.82) is 0 Å². The summed E-state index contributed by atoms with van der Waals surface area (Å²) in [6.45, 7) is 2.31. The maximum Gasteiger partial charge on any atom is 0.296 e. The number of fused-ring (bicyclic) bond motifs is 1. The number of rotatable bonds is 5. The molecular weight excluding hydrogens is 238 g/mol. The predicted octanol–water partition coefficient (Wildman–Crippen LogP) is 0.379. The van der Waals surface area contributed by atoms with Crippen molar-refractivity contribution < 1.29 is 9.37 Å². The Morgan fingerprint density at radius 2 is 2.16 bits per heavy atom. The van der Waals surface area contributed by atoms with Gasteiger partial charge in [0, 0.05) is 6.54 Å². The van der Waals surface area contributed by atoms with Crippen molar-refractivity contribution in [1.82, 2.24) is 4.90 Å². The Bertz CT molecular complexity index is 548. The molecule has 1 unspecified atom stereocenters. The monoisotopic (exact) mass is 256 g/mol. The van der Waals surface area contributed by atoms with Crippen LogP contribution in [0.1, 0.15) is 5.56 Å². The first-order chi connectivity index (χ1) is 9.33. The Kier molecular flexibility index (Phi) is 3.17. The lowest BCUT2D eigenvalue weighted by Gasteiger charge is -2.27. The molecule has 1 aromatic rings. The minimum absolute atomic E-state index is 0.314. The minimum atomic E-state index is 0.314. The van der Waals surface area contributed by atoms with Gasteiger partial charge in [0.25, 0.3) is 5.70 Å². The first-order valence-electron chi connectivity index (χ1n) is 6.65. The lowest BCUT2D eigenvalue weighted by atomic mass is 10.1. The van der Waals surface area contributed by atoms with Gasteiger partial charge in [-0.3, -0.25) is 4.79 Å². The average molecular weight is 256 g/mol. The van der Waals surface area contributed by atoms with Crippen molar-refractivity contribution in [2.75, 3.05) is 19.6 Å². The summed E-state index contributed by atoms with van der Waals surface area (Å²) in [5.74, 6) is 0. The van der Waals surface area contributed by atoms with Crippen LogP contribution in [0.25, 0.3) is 0 Å². The maximum atomic E-state index is 11.2. The third kappa shape index (κ3) is 2.31. The number of aldehydes is 1. The van der Waals surface area contributed by atoms with Gasteiger partial charge in [-0.25, -0.2) is 0 Å². The Labute approximate surface area is 112 Å². The van der Waals surface area contributed by atoms with Gasteiger partial charge in [0.15, 0.2) is 18.0 Å². The minimum Gasteiger partial charge on any atom is -0.356 e. The number of nitrogens with two attached hydrogens (primary N) is 1. The van der Waals surface area contributed by atoms with Gasteiger partial charge in [-0.05, 0) is 12.0 Å². The molecule has 98 valence electrons. The molecule has 2 aliphatic rings. The molecule has 0 saturated carbocycles. The van der Waals surface area contributed by atoms with Crippen LogP contribution in [0.2, 0.25) is 0 Å². The summed E-state index contributed by atoms with van der Waals surface area (Å²) in [6, 6.07) is 10.7. The normalized spacial score (nSPS) is 21.0. The Morgan fingerprint density at radius 3 is 2.84 bits per heavy atom. The molecule has 4 nitrogen and oxygen atoms in total. The molecule has 2 heterocycles. The molecule has 3 rings (SSSR count). The number of allylic oxidation sites excluding steroid dienone is 2. The van der Waals surface area contributed by atoms with E-state index in [1.165, 1.54) is 5.56 Å². The number of benzene rings is 1. The molecule has 1 aromatic carbocycles. The van der Waals surface area contributed by atoms with E-state index in [0.29, 0.717) is 12.6 Å². The fourth-order valence-corrected chi connectivity index (χ4v) is 2.65. The molecule has 19 heavy (non-hydrogen) atoms. The van der Waals surface area contributed by atoms with E-state index in [1.807, 2.05) is 24.4 Å². The second kappa shape index (κ2) is 4.97. The third-order valence-corrected chi connectivity index (χ3v) is 3.80. The largest absolute Gasteiger partial charge is 0.356 e. The average Bonchev–Trinajstić information content (AvgIpc) is 3.25. The molecule has 1 atom stereocenters. The number of carbonyl (C=O) groups excluding carboxylic acids is 1. The molecule has 2 aliphatic heterocycles. The van der Waals surface area contributed by atoms with Crippen LogP contribution in [0.3, 0.4) is 0 Å². The second-order valence-corrected chi connectivity index (χ2v) is 5.00. The lowest BCUT2D eigenvalue weighted by Crippen LogP contribution is -2.44. The summed E-state index contributed by atoms with van der Waals surface area (Å²) in [5, 5.41) is 0. The van der Waals surface area contributed by atoms with Crippen molar-refractivity contribution in [2.45, 2.75) is 12.5 Å². The van der Waals surface area contributed by atoms with E-state index in [0.717, 1.165) is 37.2 Å². The first-order valence-corrected chi connectivity index (χ1v) is 6.65. The zero-order chi connectivity index (χ0) is 13.2. The van der Waals surface area contributed by atoms with Gasteiger partial charge in [-0.1, -0.05) is 30.3 Å². The Morgan fingerprint density at radius 1 is 1.37 bits per heavy atom. The molecule has 0 aromatic heterocycles. The summed E-state index contributed by atoms with van der Waals surface area (Å²) in [7, 11) is 0. The van der Waals surface area contributed by atoms with Crippen molar-refractivity contribution in [2.24, 2.45) is 5.73 Å². The second-order valence-electron chi connectivity index (χ2n) is 5.00.